The summed E-state index contributed by atoms with van der Waals surface area (Å²) in [5.74, 6) is -0.952. The molecule has 0 spiro atoms. The fraction of sp³-hybridized carbons (Fsp3) is 0.0909. The van der Waals surface area contributed by atoms with Crippen molar-refractivity contribution < 1.29 is 12.8 Å². The number of aryl methyl sites for hydroxylation is 1. The predicted molar refractivity (Wildman–Crippen MR) is 119 cm³/mol. The molecule has 10 heteroatoms. The minimum atomic E-state index is -3.86. The minimum absolute atomic E-state index is 0.138. The zero-order valence-corrected chi connectivity index (χ0v) is 17.7. The van der Waals surface area contributed by atoms with Crippen LogP contribution in [0.4, 0.5) is 16.0 Å². The standard InChI is InChI=1S/C22H17FN6O2S/c1-13-8-19(27-20-11-26-22(25)28-21(13)20)16-6-7-18(17(23)9-16)29-32(30,31)12-15-4-2-14(10-24)3-5-15/h2-9,11,29H,12H2,1H3,(H2,25,26,28). The number of hydrogen-bond acceptors (Lipinski definition) is 7. The van der Waals surface area contributed by atoms with Crippen LogP contribution in [0.15, 0.2) is 54.7 Å². The lowest BCUT2D eigenvalue weighted by atomic mass is 10.1. The van der Waals surface area contributed by atoms with Crippen LogP contribution in [-0.2, 0) is 15.8 Å². The Morgan fingerprint density at radius 2 is 1.88 bits per heavy atom. The SMILES string of the molecule is Cc1cc(-c2ccc(NS(=O)(=O)Cc3ccc(C#N)cc3)c(F)c2)nc2cnc(N)nc12. The number of nitrogens with one attached hydrogen (secondary N) is 1. The Balaban J connectivity index is 1.58. The topological polar surface area (TPSA) is 135 Å². The van der Waals surface area contributed by atoms with Crippen LogP contribution >= 0.6 is 0 Å². The van der Waals surface area contributed by atoms with Gasteiger partial charge in [0, 0.05) is 5.56 Å². The molecule has 3 N–H and O–H groups in total. The second-order valence-corrected chi connectivity index (χ2v) is 8.87. The summed E-state index contributed by atoms with van der Waals surface area (Å²) in [6, 6.07) is 14.0. The van der Waals surface area contributed by atoms with Crippen molar-refractivity contribution in [2.45, 2.75) is 12.7 Å². The third kappa shape index (κ3) is 4.48. The number of hydrogen-bond donors (Lipinski definition) is 2. The summed E-state index contributed by atoms with van der Waals surface area (Å²) in [4.78, 5) is 12.6. The predicted octanol–water partition coefficient (Wildman–Crippen LogP) is 3.54. The van der Waals surface area contributed by atoms with E-state index < -0.39 is 15.8 Å². The summed E-state index contributed by atoms with van der Waals surface area (Å²) < 4.78 is 41.9. The minimum Gasteiger partial charge on any atom is -0.368 e. The van der Waals surface area contributed by atoms with E-state index in [1.165, 1.54) is 30.5 Å². The van der Waals surface area contributed by atoms with E-state index in [1.54, 1.807) is 24.3 Å². The van der Waals surface area contributed by atoms with Crippen molar-refractivity contribution in [1.82, 2.24) is 15.0 Å². The van der Waals surface area contributed by atoms with Crippen LogP contribution in [0.3, 0.4) is 0 Å². The molecule has 4 rings (SSSR count). The van der Waals surface area contributed by atoms with E-state index in [4.69, 9.17) is 11.0 Å². The lowest BCUT2D eigenvalue weighted by molar-refractivity contribution is 0.598. The maximum absolute atomic E-state index is 14.7. The number of nitrogens with two attached hydrogens (primary N) is 1. The monoisotopic (exact) mass is 448 g/mol. The van der Waals surface area contributed by atoms with E-state index in [-0.39, 0.29) is 17.4 Å². The molecule has 32 heavy (non-hydrogen) atoms. The molecule has 0 aliphatic carbocycles. The van der Waals surface area contributed by atoms with E-state index in [0.717, 1.165) is 5.56 Å². The van der Waals surface area contributed by atoms with Crippen LogP contribution in [-0.4, -0.2) is 23.4 Å². The van der Waals surface area contributed by atoms with Gasteiger partial charge in [-0.2, -0.15) is 5.26 Å². The molecule has 2 heterocycles. The van der Waals surface area contributed by atoms with Crippen LogP contribution in [0.25, 0.3) is 22.3 Å². The first-order valence-corrected chi connectivity index (χ1v) is 11.1. The third-order valence-corrected chi connectivity index (χ3v) is 5.97. The normalized spacial score (nSPS) is 11.3. The van der Waals surface area contributed by atoms with E-state index in [0.29, 0.717) is 33.4 Å². The summed E-state index contributed by atoms with van der Waals surface area (Å²) in [7, 11) is -3.86. The maximum Gasteiger partial charge on any atom is 0.237 e. The van der Waals surface area contributed by atoms with Crippen LogP contribution < -0.4 is 10.5 Å². The van der Waals surface area contributed by atoms with Gasteiger partial charge in [-0.15, -0.1) is 0 Å². The Hall–Kier alpha value is -4.10. The second-order valence-electron chi connectivity index (χ2n) is 7.15. The lowest BCUT2D eigenvalue weighted by Gasteiger charge is -2.11. The molecule has 0 atom stereocenters. The van der Waals surface area contributed by atoms with Crippen molar-refractivity contribution >= 4 is 32.7 Å². The van der Waals surface area contributed by atoms with Gasteiger partial charge >= 0.3 is 0 Å². The summed E-state index contributed by atoms with van der Waals surface area (Å²) in [5, 5.41) is 8.83. The highest BCUT2D eigenvalue weighted by Gasteiger charge is 2.16. The number of rotatable bonds is 5. The Bertz CT molecular complexity index is 1480. The molecule has 8 nitrogen and oxygen atoms in total. The maximum atomic E-state index is 14.7. The van der Waals surface area contributed by atoms with Crippen LogP contribution in [0.1, 0.15) is 16.7 Å². The average molecular weight is 448 g/mol. The summed E-state index contributed by atoms with van der Waals surface area (Å²) in [5.41, 5.74) is 9.24. The summed E-state index contributed by atoms with van der Waals surface area (Å²) in [6.45, 7) is 1.84. The highest BCUT2D eigenvalue weighted by Crippen LogP contribution is 2.27. The number of fused-ring (bicyclic) bond motifs is 1. The largest absolute Gasteiger partial charge is 0.368 e. The van der Waals surface area contributed by atoms with Crippen molar-refractivity contribution in [2.24, 2.45) is 0 Å². The molecule has 0 radical (unpaired) electrons. The molecule has 4 aromatic rings. The van der Waals surface area contributed by atoms with Gasteiger partial charge in [-0.3, -0.25) is 4.72 Å². The van der Waals surface area contributed by atoms with Crippen molar-refractivity contribution in [3.05, 3.63) is 77.2 Å². The summed E-state index contributed by atoms with van der Waals surface area (Å²) >= 11 is 0. The smallest absolute Gasteiger partial charge is 0.237 e. The zero-order chi connectivity index (χ0) is 22.9. The van der Waals surface area contributed by atoms with Crippen molar-refractivity contribution in [1.29, 1.82) is 5.26 Å². The zero-order valence-electron chi connectivity index (χ0n) is 16.9. The average Bonchev–Trinajstić information content (AvgIpc) is 2.75. The molecule has 0 aliphatic rings. The Kier molecular flexibility index (Phi) is 5.42. The highest BCUT2D eigenvalue weighted by atomic mass is 32.2. The molecular formula is C22H17FN6O2S. The number of sulfonamides is 1. The number of halogens is 1. The van der Waals surface area contributed by atoms with Crippen molar-refractivity contribution in [3.63, 3.8) is 0 Å². The molecule has 2 aromatic heterocycles. The van der Waals surface area contributed by atoms with Crippen LogP contribution in [0.5, 0.6) is 0 Å². The number of nitrogen functional groups attached to an aromatic ring is 1. The van der Waals surface area contributed by atoms with Crippen molar-refractivity contribution in [3.8, 4) is 17.3 Å². The second kappa shape index (κ2) is 8.20. The van der Waals surface area contributed by atoms with E-state index in [2.05, 4.69) is 19.7 Å². The first kappa shape index (κ1) is 21.1. The first-order valence-electron chi connectivity index (χ1n) is 9.43. The van der Waals surface area contributed by atoms with Gasteiger partial charge in [0.25, 0.3) is 0 Å². The van der Waals surface area contributed by atoms with Gasteiger partial charge in [-0.25, -0.2) is 27.8 Å². The van der Waals surface area contributed by atoms with Gasteiger partial charge in [0.15, 0.2) is 0 Å². The van der Waals surface area contributed by atoms with Gasteiger partial charge in [0.05, 0.1) is 40.5 Å². The lowest BCUT2D eigenvalue weighted by Crippen LogP contribution is -2.16. The number of nitrogens with zero attached hydrogens (tertiary/aromatic N) is 4. The van der Waals surface area contributed by atoms with Crippen molar-refractivity contribution in [2.75, 3.05) is 10.5 Å². The number of anilines is 2. The number of pyridine rings is 1. The fourth-order valence-electron chi connectivity index (χ4n) is 3.20. The molecule has 2 aromatic carbocycles. The molecule has 0 aliphatic heterocycles. The molecule has 0 saturated heterocycles. The van der Waals surface area contributed by atoms with E-state index in [9.17, 15) is 12.8 Å². The van der Waals surface area contributed by atoms with E-state index >= 15 is 0 Å². The Morgan fingerprint density at radius 1 is 1.12 bits per heavy atom. The van der Waals surface area contributed by atoms with Gasteiger partial charge in [-0.05, 0) is 48.4 Å². The number of aromatic nitrogens is 3. The molecule has 0 unspecified atom stereocenters. The molecule has 0 amide bonds. The molecule has 0 bridgehead atoms. The Labute approximate surface area is 183 Å². The van der Waals surface area contributed by atoms with Gasteiger partial charge in [0.1, 0.15) is 11.3 Å². The van der Waals surface area contributed by atoms with Gasteiger partial charge in [0.2, 0.25) is 16.0 Å². The third-order valence-electron chi connectivity index (χ3n) is 4.73. The Morgan fingerprint density at radius 3 is 2.56 bits per heavy atom. The molecule has 0 saturated carbocycles. The van der Waals surface area contributed by atoms with Gasteiger partial charge < -0.3 is 5.73 Å². The first-order chi connectivity index (χ1) is 15.2. The quantitative estimate of drug-likeness (QED) is 0.477. The van der Waals surface area contributed by atoms with Crippen LogP contribution in [0.2, 0.25) is 0 Å². The van der Waals surface area contributed by atoms with E-state index in [1.807, 2.05) is 13.0 Å². The number of nitriles is 1. The van der Waals surface area contributed by atoms with Crippen LogP contribution in [0, 0.1) is 24.1 Å². The number of benzene rings is 2. The molecule has 0 fully saturated rings. The summed E-state index contributed by atoms with van der Waals surface area (Å²) in [6.07, 6.45) is 1.50. The van der Waals surface area contributed by atoms with Gasteiger partial charge in [-0.1, -0.05) is 18.2 Å². The molecular weight excluding hydrogens is 431 g/mol. The fourth-order valence-corrected chi connectivity index (χ4v) is 4.40. The highest BCUT2D eigenvalue weighted by molar-refractivity contribution is 7.91. The molecule has 160 valence electrons.